The second-order valence-corrected chi connectivity index (χ2v) is 3.46. The highest BCUT2D eigenvalue weighted by Gasteiger charge is 2.10. The van der Waals surface area contributed by atoms with Gasteiger partial charge in [-0.25, -0.2) is 4.79 Å². The van der Waals surface area contributed by atoms with E-state index >= 15 is 0 Å². The van der Waals surface area contributed by atoms with Gasteiger partial charge in [-0.1, -0.05) is 17.7 Å². The van der Waals surface area contributed by atoms with Crippen LogP contribution in [0.3, 0.4) is 0 Å². The molecule has 15 heavy (non-hydrogen) atoms. The Hall–Kier alpha value is -1.06. The molecule has 0 amide bonds. The maximum atomic E-state index is 11.3. The summed E-state index contributed by atoms with van der Waals surface area (Å²) < 4.78 is 9.58. The van der Waals surface area contributed by atoms with Gasteiger partial charge in [0.2, 0.25) is 0 Å². The molecule has 0 atom stereocenters. The predicted octanol–water partition coefficient (Wildman–Crippen LogP) is 2.32. The van der Waals surface area contributed by atoms with Crippen molar-refractivity contribution < 1.29 is 14.3 Å². The Bertz CT molecular complexity index is 350. The fourth-order valence-electron chi connectivity index (χ4n) is 1.21. The molecule has 0 fully saturated rings. The second kappa shape index (κ2) is 5.73. The van der Waals surface area contributed by atoms with Crippen LogP contribution in [-0.2, 0) is 15.9 Å². The Balaban J connectivity index is 2.89. The minimum absolute atomic E-state index is 0.396. The van der Waals surface area contributed by atoms with E-state index in [9.17, 15) is 4.79 Å². The van der Waals surface area contributed by atoms with Crippen LogP contribution in [-0.4, -0.2) is 26.8 Å². The highest BCUT2D eigenvalue weighted by Crippen LogP contribution is 2.18. The number of ether oxygens (including phenoxy) is 2. The molecule has 0 radical (unpaired) electrons. The lowest BCUT2D eigenvalue weighted by Crippen LogP contribution is -2.04. The maximum Gasteiger partial charge on any atom is 0.339 e. The minimum atomic E-state index is -0.417. The fraction of sp³-hybridized carbons (Fsp3) is 0.364. The van der Waals surface area contributed by atoms with E-state index in [2.05, 4.69) is 4.74 Å². The quantitative estimate of drug-likeness (QED) is 0.742. The van der Waals surface area contributed by atoms with Gasteiger partial charge in [0, 0.05) is 7.11 Å². The van der Waals surface area contributed by atoms with Crippen molar-refractivity contribution in [3.8, 4) is 0 Å². The lowest BCUT2D eigenvalue weighted by molar-refractivity contribution is 0.0600. The molecule has 4 heteroatoms. The lowest BCUT2D eigenvalue weighted by Gasteiger charge is -2.05. The van der Waals surface area contributed by atoms with E-state index in [1.165, 1.54) is 7.11 Å². The molecule has 0 N–H and O–H groups in total. The highest BCUT2D eigenvalue weighted by atomic mass is 35.5. The standard InChI is InChI=1S/C11H13ClO3/c1-14-6-5-8-3-4-10(12)9(7-8)11(13)15-2/h3-4,7H,5-6H2,1-2H3. The van der Waals surface area contributed by atoms with Crippen molar-refractivity contribution in [3.05, 3.63) is 34.3 Å². The van der Waals surface area contributed by atoms with Crippen molar-refractivity contribution in [2.24, 2.45) is 0 Å². The van der Waals surface area contributed by atoms with Crippen molar-refractivity contribution in [2.45, 2.75) is 6.42 Å². The molecule has 0 heterocycles. The van der Waals surface area contributed by atoms with Gasteiger partial charge in [0.05, 0.1) is 24.3 Å². The third-order valence-corrected chi connectivity index (χ3v) is 2.36. The Morgan fingerprint density at radius 3 is 2.73 bits per heavy atom. The van der Waals surface area contributed by atoms with E-state index in [0.717, 1.165) is 12.0 Å². The van der Waals surface area contributed by atoms with E-state index in [-0.39, 0.29) is 0 Å². The summed E-state index contributed by atoms with van der Waals surface area (Å²) in [4.78, 5) is 11.3. The SMILES string of the molecule is COCCc1ccc(Cl)c(C(=O)OC)c1. The molecule has 0 saturated heterocycles. The lowest BCUT2D eigenvalue weighted by atomic mass is 10.1. The molecule has 1 rings (SSSR count). The first-order chi connectivity index (χ1) is 7.19. The molecule has 0 unspecified atom stereocenters. The van der Waals surface area contributed by atoms with Crippen molar-refractivity contribution >= 4 is 17.6 Å². The van der Waals surface area contributed by atoms with Crippen LogP contribution >= 0.6 is 11.6 Å². The highest BCUT2D eigenvalue weighted by molar-refractivity contribution is 6.33. The van der Waals surface area contributed by atoms with E-state index in [4.69, 9.17) is 16.3 Å². The molecule has 0 saturated carbocycles. The van der Waals surface area contributed by atoms with Crippen LogP contribution in [0.5, 0.6) is 0 Å². The zero-order valence-corrected chi connectivity index (χ0v) is 9.50. The van der Waals surface area contributed by atoms with Crippen LogP contribution in [0.2, 0.25) is 5.02 Å². The number of halogens is 1. The normalized spacial score (nSPS) is 10.1. The third kappa shape index (κ3) is 3.22. The van der Waals surface area contributed by atoms with Gasteiger partial charge in [-0.15, -0.1) is 0 Å². The molecule has 1 aromatic carbocycles. The molecule has 0 aliphatic carbocycles. The summed E-state index contributed by atoms with van der Waals surface area (Å²) in [5.41, 5.74) is 1.40. The van der Waals surface area contributed by atoms with Crippen LogP contribution in [0, 0.1) is 0 Å². The summed E-state index contributed by atoms with van der Waals surface area (Å²) in [6.07, 6.45) is 0.748. The summed E-state index contributed by atoms with van der Waals surface area (Å²) >= 11 is 5.87. The largest absolute Gasteiger partial charge is 0.465 e. The second-order valence-electron chi connectivity index (χ2n) is 3.05. The van der Waals surface area contributed by atoms with Crippen LogP contribution in [0.1, 0.15) is 15.9 Å². The molecular weight excluding hydrogens is 216 g/mol. The van der Waals surface area contributed by atoms with Gasteiger partial charge < -0.3 is 9.47 Å². The number of carbonyl (C=O) groups is 1. The molecule has 0 aliphatic rings. The van der Waals surface area contributed by atoms with Crippen LogP contribution < -0.4 is 0 Å². The van der Waals surface area contributed by atoms with Gasteiger partial charge in [0.1, 0.15) is 0 Å². The number of esters is 1. The van der Waals surface area contributed by atoms with Crippen molar-refractivity contribution in [2.75, 3.05) is 20.8 Å². The van der Waals surface area contributed by atoms with E-state index in [0.29, 0.717) is 17.2 Å². The van der Waals surface area contributed by atoms with E-state index in [1.54, 1.807) is 19.2 Å². The Morgan fingerprint density at radius 2 is 2.13 bits per heavy atom. The summed E-state index contributed by atoms with van der Waals surface area (Å²) in [5.74, 6) is -0.417. The minimum Gasteiger partial charge on any atom is -0.465 e. The number of rotatable bonds is 4. The van der Waals surface area contributed by atoms with Crippen molar-refractivity contribution in [1.82, 2.24) is 0 Å². The summed E-state index contributed by atoms with van der Waals surface area (Å²) in [5, 5.41) is 0.406. The summed E-state index contributed by atoms with van der Waals surface area (Å²) in [7, 11) is 2.97. The van der Waals surface area contributed by atoms with Gasteiger partial charge in [0.25, 0.3) is 0 Å². The number of hydrogen-bond donors (Lipinski definition) is 0. The van der Waals surface area contributed by atoms with Gasteiger partial charge in [-0.3, -0.25) is 0 Å². The van der Waals surface area contributed by atoms with E-state index in [1.807, 2.05) is 6.07 Å². The van der Waals surface area contributed by atoms with Crippen molar-refractivity contribution in [1.29, 1.82) is 0 Å². The van der Waals surface area contributed by atoms with E-state index < -0.39 is 5.97 Å². The molecule has 0 bridgehead atoms. The number of carbonyl (C=O) groups excluding carboxylic acids is 1. The monoisotopic (exact) mass is 228 g/mol. The molecule has 0 aromatic heterocycles. The Labute approximate surface area is 93.9 Å². The molecule has 0 spiro atoms. The zero-order chi connectivity index (χ0) is 11.3. The predicted molar refractivity (Wildman–Crippen MR) is 58.4 cm³/mol. The molecule has 1 aromatic rings. The fourth-order valence-corrected chi connectivity index (χ4v) is 1.41. The number of methoxy groups -OCH3 is 2. The van der Waals surface area contributed by atoms with Crippen LogP contribution in [0.15, 0.2) is 18.2 Å². The molecule has 82 valence electrons. The number of benzene rings is 1. The first-order valence-electron chi connectivity index (χ1n) is 4.54. The first kappa shape index (κ1) is 12.0. The summed E-state index contributed by atoms with van der Waals surface area (Å²) in [6.45, 7) is 0.613. The number of hydrogen-bond acceptors (Lipinski definition) is 3. The Morgan fingerprint density at radius 1 is 1.40 bits per heavy atom. The average Bonchev–Trinajstić information content (AvgIpc) is 2.27. The maximum absolute atomic E-state index is 11.3. The topological polar surface area (TPSA) is 35.5 Å². The van der Waals surface area contributed by atoms with Crippen LogP contribution in [0.4, 0.5) is 0 Å². The zero-order valence-electron chi connectivity index (χ0n) is 8.75. The van der Waals surface area contributed by atoms with Gasteiger partial charge in [0.15, 0.2) is 0 Å². The third-order valence-electron chi connectivity index (χ3n) is 2.03. The smallest absolute Gasteiger partial charge is 0.339 e. The Kier molecular flexibility index (Phi) is 4.59. The van der Waals surface area contributed by atoms with Gasteiger partial charge >= 0.3 is 5.97 Å². The average molecular weight is 229 g/mol. The van der Waals surface area contributed by atoms with Gasteiger partial charge in [-0.2, -0.15) is 0 Å². The van der Waals surface area contributed by atoms with Crippen molar-refractivity contribution in [3.63, 3.8) is 0 Å². The van der Waals surface area contributed by atoms with Crippen LogP contribution in [0.25, 0.3) is 0 Å². The first-order valence-corrected chi connectivity index (χ1v) is 4.92. The van der Waals surface area contributed by atoms with Gasteiger partial charge in [-0.05, 0) is 24.1 Å². The molecule has 3 nitrogen and oxygen atoms in total. The molecule has 0 aliphatic heterocycles. The summed E-state index contributed by atoms with van der Waals surface area (Å²) in [6, 6.07) is 5.29. The molecular formula is C11H13ClO3.